The van der Waals surface area contributed by atoms with Gasteiger partial charge in [0, 0.05) is 26.1 Å². The smallest absolute Gasteiger partial charge is 0.308 e. The number of amides is 2. The second-order valence-corrected chi connectivity index (χ2v) is 7.30. The van der Waals surface area contributed by atoms with E-state index in [0.29, 0.717) is 23.9 Å². The molecule has 1 aromatic rings. The van der Waals surface area contributed by atoms with Crippen LogP contribution < -0.4 is 9.64 Å². The first kappa shape index (κ1) is 16.9. The Kier molecular flexibility index (Phi) is 4.30. The van der Waals surface area contributed by atoms with Crippen LogP contribution in [-0.4, -0.2) is 54.0 Å². The first-order chi connectivity index (χ1) is 12.5. The summed E-state index contributed by atoms with van der Waals surface area (Å²) in [4.78, 5) is 39.5. The van der Waals surface area contributed by atoms with Gasteiger partial charge in [0.25, 0.3) is 5.91 Å². The number of likely N-dealkylation sites (tertiary alicyclic amines) is 1. The zero-order valence-electron chi connectivity index (χ0n) is 14.5. The Hall–Kier alpha value is -2.57. The van der Waals surface area contributed by atoms with Crippen LogP contribution in [0.2, 0.25) is 0 Å². The minimum atomic E-state index is -0.811. The van der Waals surface area contributed by atoms with Gasteiger partial charge in [-0.3, -0.25) is 14.4 Å². The number of benzene rings is 1. The van der Waals surface area contributed by atoms with Crippen molar-refractivity contribution in [2.45, 2.75) is 19.3 Å². The van der Waals surface area contributed by atoms with E-state index in [0.717, 1.165) is 12.8 Å². The van der Waals surface area contributed by atoms with E-state index in [1.54, 1.807) is 21.9 Å². The molecule has 0 spiro atoms. The van der Waals surface area contributed by atoms with Gasteiger partial charge in [0.2, 0.25) is 5.91 Å². The number of ether oxygens (including phenoxy) is 1. The van der Waals surface area contributed by atoms with Gasteiger partial charge in [-0.15, -0.1) is 0 Å². The van der Waals surface area contributed by atoms with Crippen LogP contribution in [-0.2, 0) is 14.4 Å². The van der Waals surface area contributed by atoms with E-state index in [2.05, 4.69) is 0 Å². The summed E-state index contributed by atoms with van der Waals surface area (Å²) >= 11 is 0. The number of nitrogens with zero attached hydrogens (tertiary/aromatic N) is 2. The normalized spacial score (nSPS) is 25.0. The Balaban J connectivity index is 1.40. The van der Waals surface area contributed by atoms with Crippen LogP contribution >= 0.6 is 0 Å². The molecule has 138 valence electrons. The molecule has 2 atom stereocenters. The van der Waals surface area contributed by atoms with Gasteiger partial charge in [0.15, 0.2) is 6.61 Å². The Bertz CT molecular complexity index is 745. The maximum Gasteiger partial charge on any atom is 0.308 e. The van der Waals surface area contributed by atoms with Gasteiger partial charge in [-0.2, -0.15) is 0 Å². The lowest BCUT2D eigenvalue weighted by Gasteiger charge is -2.29. The minimum Gasteiger partial charge on any atom is -0.482 e. The van der Waals surface area contributed by atoms with E-state index in [1.807, 2.05) is 12.1 Å². The molecule has 2 aliphatic heterocycles. The van der Waals surface area contributed by atoms with Gasteiger partial charge in [-0.1, -0.05) is 12.1 Å². The lowest BCUT2D eigenvalue weighted by Crippen LogP contribution is -2.41. The molecule has 26 heavy (non-hydrogen) atoms. The minimum absolute atomic E-state index is 0.0280. The topological polar surface area (TPSA) is 87.2 Å². The highest BCUT2D eigenvalue weighted by molar-refractivity contribution is 5.98. The largest absolute Gasteiger partial charge is 0.482 e. The lowest BCUT2D eigenvalue weighted by atomic mass is 9.92. The Labute approximate surface area is 151 Å². The fourth-order valence-electron chi connectivity index (χ4n) is 4.06. The SMILES string of the molecule is O=C(O)C1CN(C(=O)CCN2C(=O)COc3ccccc32)CC1C1CC1. The van der Waals surface area contributed by atoms with Crippen molar-refractivity contribution >= 4 is 23.5 Å². The van der Waals surface area contributed by atoms with E-state index < -0.39 is 11.9 Å². The van der Waals surface area contributed by atoms with Crippen molar-refractivity contribution in [3.05, 3.63) is 24.3 Å². The number of para-hydroxylation sites is 2. The number of carbonyl (C=O) groups is 3. The molecule has 1 aliphatic carbocycles. The van der Waals surface area contributed by atoms with Crippen LogP contribution in [0.5, 0.6) is 5.75 Å². The number of rotatable bonds is 5. The molecule has 2 amide bonds. The monoisotopic (exact) mass is 358 g/mol. The molecule has 0 bridgehead atoms. The summed E-state index contributed by atoms with van der Waals surface area (Å²) in [6.07, 6.45) is 2.31. The van der Waals surface area contributed by atoms with Crippen LogP contribution in [0.25, 0.3) is 0 Å². The van der Waals surface area contributed by atoms with Crippen molar-refractivity contribution in [2.24, 2.45) is 17.8 Å². The maximum absolute atomic E-state index is 12.6. The molecule has 0 aromatic heterocycles. The van der Waals surface area contributed by atoms with Crippen molar-refractivity contribution in [3.8, 4) is 5.75 Å². The fraction of sp³-hybridized carbons (Fsp3) is 0.526. The molecular weight excluding hydrogens is 336 g/mol. The molecule has 1 saturated carbocycles. The molecular formula is C19H22N2O5. The summed E-state index contributed by atoms with van der Waals surface area (Å²) in [6.45, 7) is 1.05. The molecule has 7 nitrogen and oxygen atoms in total. The quantitative estimate of drug-likeness (QED) is 0.859. The molecule has 2 unspecified atom stereocenters. The van der Waals surface area contributed by atoms with E-state index in [9.17, 15) is 19.5 Å². The predicted molar refractivity (Wildman–Crippen MR) is 92.8 cm³/mol. The Morgan fingerprint density at radius 2 is 1.96 bits per heavy atom. The van der Waals surface area contributed by atoms with Gasteiger partial charge in [0.1, 0.15) is 5.75 Å². The van der Waals surface area contributed by atoms with Gasteiger partial charge in [-0.05, 0) is 36.8 Å². The molecule has 3 aliphatic rings. The third-order valence-electron chi connectivity index (χ3n) is 5.62. The van der Waals surface area contributed by atoms with E-state index in [-0.39, 0.29) is 43.8 Å². The number of aliphatic carboxylic acids is 1. The molecule has 1 N–H and O–H groups in total. The molecule has 2 heterocycles. The zero-order chi connectivity index (χ0) is 18.3. The third kappa shape index (κ3) is 3.13. The summed E-state index contributed by atoms with van der Waals surface area (Å²) in [7, 11) is 0. The molecule has 1 saturated heterocycles. The summed E-state index contributed by atoms with van der Waals surface area (Å²) in [5, 5.41) is 9.43. The van der Waals surface area contributed by atoms with Crippen molar-refractivity contribution < 1.29 is 24.2 Å². The van der Waals surface area contributed by atoms with E-state index in [1.165, 1.54) is 0 Å². The van der Waals surface area contributed by atoms with Crippen molar-refractivity contribution in [2.75, 3.05) is 31.1 Å². The number of anilines is 1. The highest BCUT2D eigenvalue weighted by Crippen LogP contribution is 2.44. The first-order valence-corrected chi connectivity index (χ1v) is 9.07. The second kappa shape index (κ2) is 6.63. The molecule has 4 rings (SSSR count). The highest BCUT2D eigenvalue weighted by Gasteiger charge is 2.46. The second-order valence-electron chi connectivity index (χ2n) is 7.30. The van der Waals surface area contributed by atoms with Crippen molar-refractivity contribution in [3.63, 3.8) is 0 Å². The van der Waals surface area contributed by atoms with Gasteiger partial charge < -0.3 is 19.6 Å². The number of hydrogen-bond donors (Lipinski definition) is 1. The van der Waals surface area contributed by atoms with E-state index in [4.69, 9.17) is 4.74 Å². The van der Waals surface area contributed by atoms with Crippen LogP contribution in [0.1, 0.15) is 19.3 Å². The average Bonchev–Trinajstić information content (AvgIpc) is 3.38. The third-order valence-corrected chi connectivity index (χ3v) is 5.62. The zero-order valence-corrected chi connectivity index (χ0v) is 14.5. The predicted octanol–water partition coefficient (Wildman–Crippen LogP) is 1.37. The van der Waals surface area contributed by atoms with Crippen LogP contribution in [0, 0.1) is 17.8 Å². The molecule has 0 radical (unpaired) electrons. The van der Waals surface area contributed by atoms with Gasteiger partial charge in [-0.25, -0.2) is 0 Å². The number of carboxylic acid groups (broad SMARTS) is 1. The molecule has 2 fully saturated rings. The number of carboxylic acids is 1. The van der Waals surface area contributed by atoms with Gasteiger partial charge >= 0.3 is 5.97 Å². The summed E-state index contributed by atoms with van der Waals surface area (Å²) in [6, 6.07) is 7.27. The Morgan fingerprint density at radius 3 is 2.69 bits per heavy atom. The van der Waals surface area contributed by atoms with Gasteiger partial charge in [0.05, 0.1) is 11.6 Å². The summed E-state index contributed by atoms with van der Waals surface area (Å²) < 4.78 is 5.41. The van der Waals surface area contributed by atoms with Crippen LogP contribution in [0.3, 0.4) is 0 Å². The first-order valence-electron chi connectivity index (χ1n) is 9.07. The summed E-state index contributed by atoms with van der Waals surface area (Å²) in [5.41, 5.74) is 0.678. The van der Waals surface area contributed by atoms with E-state index >= 15 is 0 Å². The maximum atomic E-state index is 12.6. The highest BCUT2D eigenvalue weighted by atomic mass is 16.5. The number of carbonyl (C=O) groups excluding carboxylic acids is 2. The summed E-state index contributed by atoms with van der Waals surface area (Å²) in [5.74, 6) is -0.371. The fourth-order valence-corrected chi connectivity index (χ4v) is 4.06. The number of hydrogen-bond acceptors (Lipinski definition) is 4. The van der Waals surface area contributed by atoms with Crippen molar-refractivity contribution in [1.82, 2.24) is 4.90 Å². The van der Waals surface area contributed by atoms with Crippen molar-refractivity contribution in [1.29, 1.82) is 0 Å². The Morgan fingerprint density at radius 1 is 1.19 bits per heavy atom. The molecule has 1 aromatic carbocycles. The van der Waals surface area contributed by atoms with Crippen LogP contribution in [0.15, 0.2) is 24.3 Å². The standard InChI is InChI=1S/C19H22N2O5/c22-17(20-9-13(12-5-6-12)14(10-20)19(24)25)7-8-21-15-3-1-2-4-16(15)26-11-18(21)23/h1-4,12-14H,5-11H2,(H,24,25). The van der Waals surface area contributed by atoms with Crippen LogP contribution in [0.4, 0.5) is 5.69 Å². The average molecular weight is 358 g/mol. The molecule has 7 heteroatoms. The number of fused-ring (bicyclic) bond motifs is 1. The lowest BCUT2D eigenvalue weighted by molar-refractivity contribution is -0.142.